The van der Waals surface area contributed by atoms with Crippen molar-refractivity contribution in [1.82, 2.24) is 5.32 Å². The second kappa shape index (κ2) is 8.35. The molecular weight excluding hydrogens is 360 g/mol. The fourth-order valence-corrected chi connectivity index (χ4v) is 2.27. The molecule has 5 nitrogen and oxygen atoms in total. The molecule has 1 amide bonds. The highest BCUT2D eigenvalue weighted by molar-refractivity contribution is 6.35. The Labute approximate surface area is 149 Å². The summed E-state index contributed by atoms with van der Waals surface area (Å²) in [5, 5.41) is 10.9. The molecule has 0 bridgehead atoms. The van der Waals surface area contributed by atoms with E-state index in [1.54, 1.807) is 20.8 Å². The van der Waals surface area contributed by atoms with Crippen LogP contribution in [0.3, 0.4) is 0 Å². The first-order valence-electron chi connectivity index (χ1n) is 7.11. The number of ether oxygens (including phenoxy) is 1. The molecule has 0 saturated heterocycles. The highest BCUT2D eigenvalue weighted by atomic mass is 35.5. The van der Waals surface area contributed by atoms with Crippen LogP contribution in [0, 0.1) is 5.82 Å². The summed E-state index contributed by atoms with van der Waals surface area (Å²) in [6.45, 7) is 5.02. The fourth-order valence-electron chi connectivity index (χ4n) is 1.81. The lowest BCUT2D eigenvalue weighted by Crippen LogP contribution is -2.48. The third-order valence-electron chi connectivity index (χ3n) is 2.99. The summed E-state index contributed by atoms with van der Waals surface area (Å²) in [4.78, 5) is 22.9. The van der Waals surface area contributed by atoms with Crippen molar-refractivity contribution in [2.75, 3.05) is 0 Å². The smallest absolute Gasteiger partial charge is 0.328 e. The lowest BCUT2D eigenvalue weighted by molar-refractivity contribution is -0.132. The molecule has 1 atom stereocenters. The maximum Gasteiger partial charge on any atom is 0.328 e. The molecule has 0 saturated carbocycles. The van der Waals surface area contributed by atoms with Gasteiger partial charge >= 0.3 is 5.97 Å². The fraction of sp³-hybridized carbons (Fsp3) is 0.375. The van der Waals surface area contributed by atoms with Gasteiger partial charge in [0.05, 0.1) is 15.6 Å². The Hall–Kier alpha value is -1.79. The van der Waals surface area contributed by atoms with Crippen LogP contribution in [0.4, 0.5) is 4.39 Å². The van der Waals surface area contributed by atoms with E-state index < -0.39 is 29.3 Å². The molecule has 0 aliphatic rings. The monoisotopic (exact) mass is 377 g/mol. The minimum atomic E-state index is -1.11. The molecule has 24 heavy (non-hydrogen) atoms. The van der Waals surface area contributed by atoms with E-state index >= 15 is 0 Å². The molecule has 0 aromatic heterocycles. The van der Waals surface area contributed by atoms with Crippen molar-refractivity contribution in [3.8, 4) is 5.75 Å². The normalized spacial score (nSPS) is 12.9. The van der Waals surface area contributed by atoms with Crippen molar-refractivity contribution < 1.29 is 23.8 Å². The number of hydrogen-bond acceptors (Lipinski definition) is 3. The SMILES string of the molecule is CCC(Oc1cc(Cl)c(F)c(Cl)c1)C(=O)NC(C)(C)/C=C/C(=O)O. The molecule has 0 aliphatic carbocycles. The van der Waals surface area contributed by atoms with Crippen molar-refractivity contribution in [2.45, 2.75) is 38.8 Å². The van der Waals surface area contributed by atoms with Gasteiger partial charge in [0, 0.05) is 18.2 Å². The maximum absolute atomic E-state index is 13.4. The van der Waals surface area contributed by atoms with Gasteiger partial charge in [-0.15, -0.1) is 0 Å². The van der Waals surface area contributed by atoms with Crippen LogP contribution in [-0.4, -0.2) is 28.6 Å². The lowest BCUT2D eigenvalue weighted by atomic mass is 10.0. The Morgan fingerprint density at radius 3 is 2.38 bits per heavy atom. The lowest BCUT2D eigenvalue weighted by Gasteiger charge is -2.26. The highest BCUT2D eigenvalue weighted by Crippen LogP contribution is 2.29. The minimum Gasteiger partial charge on any atom is -0.481 e. The Balaban J connectivity index is 2.86. The average Bonchev–Trinajstić information content (AvgIpc) is 2.47. The zero-order valence-corrected chi connectivity index (χ0v) is 14.9. The Bertz CT molecular complexity index is 638. The van der Waals surface area contributed by atoms with E-state index in [1.165, 1.54) is 18.2 Å². The van der Waals surface area contributed by atoms with E-state index in [0.29, 0.717) is 6.42 Å². The van der Waals surface area contributed by atoms with Gasteiger partial charge in [0.2, 0.25) is 0 Å². The number of hydrogen-bond donors (Lipinski definition) is 2. The average molecular weight is 378 g/mol. The van der Waals surface area contributed by atoms with Gasteiger partial charge in [-0.25, -0.2) is 9.18 Å². The van der Waals surface area contributed by atoms with Crippen molar-refractivity contribution in [3.05, 3.63) is 40.1 Å². The molecule has 1 unspecified atom stereocenters. The summed E-state index contributed by atoms with van der Waals surface area (Å²) in [6, 6.07) is 2.46. The van der Waals surface area contributed by atoms with E-state index in [9.17, 15) is 14.0 Å². The molecule has 0 aliphatic heterocycles. The third kappa shape index (κ3) is 6.02. The van der Waals surface area contributed by atoms with Gasteiger partial charge in [-0.3, -0.25) is 4.79 Å². The van der Waals surface area contributed by atoms with Gasteiger partial charge < -0.3 is 15.2 Å². The number of nitrogens with one attached hydrogen (secondary N) is 1. The first-order valence-corrected chi connectivity index (χ1v) is 7.86. The molecule has 0 spiro atoms. The summed E-state index contributed by atoms with van der Waals surface area (Å²) in [5.74, 6) is -2.17. The van der Waals surface area contributed by atoms with Crippen LogP contribution in [0.25, 0.3) is 0 Å². The molecule has 1 rings (SSSR count). The van der Waals surface area contributed by atoms with Gasteiger partial charge in [-0.05, 0) is 20.3 Å². The minimum absolute atomic E-state index is 0.160. The zero-order valence-electron chi connectivity index (χ0n) is 13.4. The van der Waals surface area contributed by atoms with Gasteiger partial charge in [0.25, 0.3) is 5.91 Å². The van der Waals surface area contributed by atoms with Crippen LogP contribution in [-0.2, 0) is 9.59 Å². The van der Waals surface area contributed by atoms with Crippen LogP contribution in [0.5, 0.6) is 5.75 Å². The van der Waals surface area contributed by atoms with E-state index in [4.69, 9.17) is 33.0 Å². The molecule has 0 radical (unpaired) electrons. The molecule has 132 valence electrons. The van der Waals surface area contributed by atoms with Gasteiger partial charge in [-0.2, -0.15) is 0 Å². The van der Waals surface area contributed by atoms with Gasteiger partial charge in [0.1, 0.15) is 5.75 Å². The van der Waals surface area contributed by atoms with Crippen molar-refractivity contribution in [1.29, 1.82) is 0 Å². The van der Waals surface area contributed by atoms with E-state index in [1.807, 2.05) is 0 Å². The van der Waals surface area contributed by atoms with Crippen LogP contribution in [0.1, 0.15) is 27.2 Å². The number of carboxylic acid groups (broad SMARTS) is 1. The van der Waals surface area contributed by atoms with E-state index in [-0.39, 0.29) is 15.8 Å². The summed E-state index contributed by atoms with van der Waals surface area (Å²) in [6.07, 6.45) is 1.75. The van der Waals surface area contributed by atoms with Gasteiger partial charge in [-0.1, -0.05) is 36.2 Å². The van der Waals surface area contributed by atoms with Gasteiger partial charge in [0.15, 0.2) is 11.9 Å². The van der Waals surface area contributed by atoms with Crippen LogP contribution >= 0.6 is 23.2 Å². The summed E-state index contributed by atoms with van der Waals surface area (Å²) in [7, 11) is 0. The summed E-state index contributed by atoms with van der Waals surface area (Å²) in [5.41, 5.74) is -0.885. The first kappa shape index (κ1) is 20.3. The van der Waals surface area contributed by atoms with Crippen LogP contribution in [0.15, 0.2) is 24.3 Å². The number of amides is 1. The predicted octanol–water partition coefficient (Wildman–Crippen LogP) is 3.83. The zero-order chi connectivity index (χ0) is 18.5. The molecule has 0 fully saturated rings. The molecule has 2 N–H and O–H groups in total. The Kier molecular flexibility index (Phi) is 7.05. The Morgan fingerprint density at radius 2 is 1.92 bits per heavy atom. The largest absolute Gasteiger partial charge is 0.481 e. The number of carbonyl (C=O) groups excluding carboxylic acids is 1. The number of carbonyl (C=O) groups is 2. The standard InChI is InChI=1S/C16H18Cl2FNO4/c1-4-12(15(23)20-16(2,3)6-5-13(21)22)24-9-7-10(17)14(19)11(18)8-9/h5-8,12H,4H2,1-3H3,(H,20,23)(H,21,22)/b6-5+. The van der Waals surface area contributed by atoms with Crippen molar-refractivity contribution in [2.24, 2.45) is 0 Å². The summed E-state index contributed by atoms with van der Waals surface area (Å²) >= 11 is 11.4. The number of carboxylic acids is 1. The van der Waals surface area contributed by atoms with Crippen molar-refractivity contribution in [3.63, 3.8) is 0 Å². The first-order chi connectivity index (χ1) is 11.1. The third-order valence-corrected chi connectivity index (χ3v) is 3.54. The second-order valence-corrected chi connectivity index (χ2v) is 6.41. The Morgan fingerprint density at radius 1 is 1.38 bits per heavy atom. The molecule has 1 aromatic rings. The number of aliphatic carboxylic acids is 1. The maximum atomic E-state index is 13.4. The molecule has 0 heterocycles. The summed E-state index contributed by atoms with van der Waals surface area (Å²) < 4.78 is 18.9. The molecular formula is C16H18Cl2FNO4. The quantitative estimate of drug-likeness (QED) is 0.559. The van der Waals surface area contributed by atoms with Crippen LogP contribution < -0.4 is 10.1 Å². The predicted molar refractivity (Wildman–Crippen MR) is 90.1 cm³/mol. The molecule has 1 aromatic carbocycles. The van der Waals surface area contributed by atoms with E-state index in [2.05, 4.69) is 5.32 Å². The molecule has 8 heteroatoms. The topological polar surface area (TPSA) is 75.6 Å². The number of benzene rings is 1. The van der Waals surface area contributed by atoms with Crippen LogP contribution in [0.2, 0.25) is 10.0 Å². The van der Waals surface area contributed by atoms with E-state index in [0.717, 1.165) is 6.08 Å². The number of halogens is 3. The second-order valence-electron chi connectivity index (χ2n) is 5.60. The highest BCUT2D eigenvalue weighted by Gasteiger charge is 2.25. The number of rotatable bonds is 7. The van der Waals surface area contributed by atoms with Crippen molar-refractivity contribution >= 4 is 35.1 Å².